The topological polar surface area (TPSA) is 149 Å². The minimum absolute atomic E-state index is 0.0583. The Labute approximate surface area is 170 Å². The minimum Gasteiger partial charge on any atom is -0.323 e. The van der Waals surface area contributed by atoms with Gasteiger partial charge in [0, 0.05) is 6.07 Å². The van der Waals surface area contributed by atoms with Crippen LogP contribution >= 0.6 is 0 Å². The average Bonchev–Trinajstić information content (AvgIpc) is 3.23. The summed E-state index contributed by atoms with van der Waals surface area (Å²) in [7, 11) is 0. The minimum atomic E-state index is -4.70. The number of pyridine rings is 1. The molecule has 0 saturated carbocycles. The fourth-order valence-corrected chi connectivity index (χ4v) is 2.61. The highest BCUT2D eigenvalue weighted by Crippen LogP contribution is 2.33. The maximum absolute atomic E-state index is 13.1. The number of amides is 1. The standard InChI is InChI=1S/C17H10F3N7O4/c18-17(19,20)11-1-2-14(26-9-22-8-23-26)13(4-11)24-15(28)7-25-6-12(27(30)31)3-10(5-21)16(25)29/h1-4,6,8-9H,7H2,(H,24,28). The van der Waals surface area contributed by atoms with Gasteiger partial charge in [-0.25, -0.2) is 9.67 Å². The zero-order chi connectivity index (χ0) is 22.8. The summed E-state index contributed by atoms with van der Waals surface area (Å²) in [6.45, 7) is -0.789. The van der Waals surface area contributed by atoms with Gasteiger partial charge in [-0.2, -0.15) is 23.5 Å². The van der Waals surface area contributed by atoms with E-state index in [2.05, 4.69) is 15.4 Å². The summed E-state index contributed by atoms with van der Waals surface area (Å²) >= 11 is 0. The fraction of sp³-hybridized carbons (Fsp3) is 0.118. The van der Waals surface area contributed by atoms with Crippen molar-refractivity contribution in [1.29, 1.82) is 5.26 Å². The maximum Gasteiger partial charge on any atom is 0.416 e. The molecule has 3 rings (SSSR count). The van der Waals surface area contributed by atoms with Gasteiger partial charge in [0.15, 0.2) is 0 Å². The highest BCUT2D eigenvalue weighted by molar-refractivity contribution is 5.92. The predicted molar refractivity (Wildman–Crippen MR) is 97.1 cm³/mol. The number of alkyl halides is 3. The van der Waals surface area contributed by atoms with Crippen LogP contribution in [0.25, 0.3) is 5.69 Å². The molecule has 1 amide bonds. The van der Waals surface area contributed by atoms with Crippen molar-refractivity contribution in [3.05, 3.63) is 74.7 Å². The highest BCUT2D eigenvalue weighted by Gasteiger charge is 2.31. The molecular formula is C17H10F3N7O4. The van der Waals surface area contributed by atoms with Gasteiger partial charge in [0.25, 0.3) is 11.2 Å². The highest BCUT2D eigenvalue weighted by atomic mass is 19.4. The number of benzene rings is 1. The third-order valence-corrected chi connectivity index (χ3v) is 3.98. The van der Waals surface area contributed by atoms with Gasteiger partial charge in [0.05, 0.1) is 28.1 Å². The Bertz CT molecular complexity index is 1260. The normalized spacial score (nSPS) is 11.0. The number of rotatable bonds is 5. The van der Waals surface area contributed by atoms with E-state index in [9.17, 15) is 32.9 Å². The van der Waals surface area contributed by atoms with E-state index in [0.717, 1.165) is 35.4 Å². The summed E-state index contributed by atoms with van der Waals surface area (Å²) in [5, 5.41) is 26.0. The number of anilines is 1. The Morgan fingerprint density at radius 2 is 2.06 bits per heavy atom. The third kappa shape index (κ3) is 4.56. The lowest BCUT2D eigenvalue weighted by molar-refractivity contribution is -0.385. The number of carbonyl (C=O) groups excluding carboxylic acids is 1. The molecule has 0 bridgehead atoms. The molecule has 11 nitrogen and oxygen atoms in total. The van der Waals surface area contributed by atoms with Gasteiger partial charge in [0.2, 0.25) is 5.91 Å². The largest absolute Gasteiger partial charge is 0.416 e. The molecule has 0 aliphatic carbocycles. The lowest BCUT2D eigenvalue weighted by Gasteiger charge is -2.15. The van der Waals surface area contributed by atoms with E-state index in [1.54, 1.807) is 0 Å². The number of nitrogens with one attached hydrogen (secondary N) is 1. The second-order valence-electron chi connectivity index (χ2n) is 6.03. The molecule has 0 radical (unpaired) electrons. The molecule has 0 unspecified atom stereocenters. The van der Waals surface area contributed by atoms with Crippen molar-refractivity contribution in [3.63, 3.8) is 0 Å². The van der Waals surface area contributed by atoms with Gasteiger partial charge in [-0.1, -0.05) is 0 Å². The Kier molecular flexibility index (Phi) is 5.51. The van der Waals surface area contributed by atoms with Crippen LogP contribution in [0.15, 0.2) is 47.9 Å². The van der Waals surface area contributed by atoms with Crippen molar-refractivity contribution >= 4 is 17.3 Å². The van der Waals surface area contributed by atoms with Crippen molar-refractivity contribution in [2.45, 2.75) is 12.7 Å². The van der Waals surface area contributed by atoms with E-state index >= 15 is 0 Å². The number of aromatic nitrogens is 4. The Morgan fingerprint density at radius 3 is 2.65 bits per heavy atom. The fourth-order valence-electron chi connectivity index (χ4n) is 2.61. The van der Waals surface area contributed by atoms with Crippen molar-refractivity contribution < 1.29 is 22.9 Å². The molecule has 31 heavy (non-hydrogen) atoms. The Hall–Kier alpha value is -4.54. The number of halogens is 3. The lowest BCUT2D eigenvalue weighted by atomic mass is 10.1. The number of nitro groups is 1. The van der Waals surface area contributed by atoms with E-state index in [1.807, 2.05) is 0 Å². The van der Waals surface area contributed by atoms with Crippen LogP contribution in [0.3, 0.4) is 0 Å². The molecular weight excluding hydrogens is 423 g/mol. The second kappa shape index (κ2) is 8.06. The van der Waals surface area contributed by atoms with Crippen LogP contribution in [0.4, 0.5) is 24.5 Å². The zero-order valence-electron chi connectivity index (χ0n) is 15.2. The molecule has 0 fully saturated rings. The molecule has 1 aromatic carbocycles. The number of carbonyl (C=O) groups is 1. The van der Waals surface area contributed by atoms with Crippen LogP contribution in [0.1, 0.15) is 11.1 Å². The summed E-state index contributed by atoms with van der Waals surface area (Å²) in [5.41, 5.74) is -3.42. The lowest BCUT2D eigenvalue weighted by Crippen LogP contribution is -2.29. The second-order valence-corrected chi connectivity index (χ2v) is 6.03. The van der Waals surface area contributed by atoms with Crippen molar-refractivity contribution in [2.24, 2.45) is 0 Å². The molecule has 2 aromatic heterocycles. The van der Waals surface area contributed by atoms with E-state index in [-0.39, 0.29) is 11.4 Å². The number of hydrogen-bond acceptors (Lipinski definition) is 7. The quantitative estimate of drug-likeness (QED) is 0.477. The van der Waals surface area contributed by atoms with E-state index in [0.29, 0.717) is 10.6 Å². The molecule has 14 heteroatoms. The van der Waals surface area contributed by atoms with Gasteiger partial charge in [-0.15, -0.1) is 0 Å². The van der Waals surface area contributed by atoms with E-state index in [4.69, 9.17) is 5.26 Å². The average molecular weight is 433 g/mol. The summed E-state index contributed by atoms with van der Waals surface area (Å²) in [6.07, 6.45) is -1.61. The molecule has 158 valence electrons. The monoisotopic (exact) mass is 433 g/mol. The molecule has 0 aliphatic heterocycles. The maximum atomic E-state index is 13.1. The first-order valence-corrected chi connectivity index (χ1v) is 8.25. The Balaban J connectivity index is 1.97. The summed E-state index contributed by atoms with van der Waals surface area (Å²) in [6, 6.07) is 4.78. The number of nitrogens with zero attached hydrogens (tertiary/aromatic N) is 6. The van der Waals surface area contributed by atoms with Gasteiger partial charge in [-0.05, 0) is 18.2 Å². The Morgan fingerprint density at radius 1 is 1.32 bits per heavy atom. The third-order valence-electron chi connectivity index (χ3n) is 3.98. The van der Waals surface area contributed by atoms with E-state index in [1.165, 1.54) is 12.4 Å². The van der Waals surface area contributed by atoms with Gasteiger partial charge in [0.1, 0.15) is 30.8 Å². The van der Waals surface area contributed by atoms with Crippen LogP contribution in [0, 0.1) is 21.4 Å². The first kappa shape index (κ1) is 21.2. The first-order chi connectivity index (χ1) is 14.6. The van der Waals surface area contributed by atoms with Crippen molar-refractivity contribution in [2.75, 3.05) is 5.32 Å². The van der Waals surface area contributed by atoms with Crippen LogP contribution in [0.2, 0.25) is 0 Å². The summed E-state index contributed by atoms with van der Waals surface area (Å²) in [4.78, 5) is 38.4. The van der Waals surface area contributed by atoms with Crippen LogP contribution in [0.5, 0.6) is 0 Å². The number of hydrogen-bond donors (Lipinski definition) is 1. The first-order valence-electron chi connectivity index (χ1n) is 8.25. The molecule has 2 heterocycles. The molecule has 3 aromatic rings. The summed E-state index contributed by atoms with van der Waals surface area (Å²) in [5.74, 6) is -0.966. The molecule has 0 atom stereocenters. The molecule has 0 spiro atoms. The molecule has 0 aliphatic rings. The zero-order valence-corrected chi connectivity index (χ0v) is 15.2. The number of nitriles is 1. The van der Waals surface area contributed by atoms with Gasteiger partial charge < -0.3 is 5.32 Å². The SMILES string of the molecule is N#Cc1cc([N+](=O)[O-])cn(CC(=O)Nc2cc(C(F)(F)F)ccc2-n2cncn2)c1=O. The van der Waals surface area contributed by atoms with E-state index < -0.39 is 45.9 Å². The van der Waals surface area contributed by atoms with Crippen LogP contribution < -0.4 is 10.9 Å². The molecule has 1 N–H and O–H groups in total. The van der Waals surface area contributed by atoms with Crippen molar-refractivity contribution in [3.8, 4) is 11.8 Å². The van der Waals surface area contributed by atoms with Gasteiger partial charge in [-0.3, -0.25) is 24.3 Å². The van der Waals surface area contributed by atoms with Gasteiger partial charge >= 0.3 is 6.18 Å². The van der Waals surface area contributed by atoms with Crippen LogP contribution in [-0.2, 0) is 17.5 Å². The summed E-state index contributed by atoms with van der Waals surface area (Å²) < 4.78 is 41.0. The van der Waals surface area contributed by atoms with Crippen molar-refractivity contribution in [1.82, 2.24) is 19.3 Å². The molecule has 0 saturated heterocycles. The van der Waals surface area contributed by atoms with Crippen LogP contribution in [-0.4, -0.2) is 30.2 Å². The predicted octanol–water partition coefficient (Wildman–Crippen LogP) is 1.87. The smallest absolute Gasteiger partial charge is 0.323 e.